The first-order valence-corrected chi connectivity index (χ1v) is 12.7. The van der Waals surface area contributed by atoms with Crippen molar-refractivity contribution in [3.05, 3.63) is 65.1 Å². The van der Waals surface area contributed by atoms with Crippen LogP contribution in [-0.2, 0) is 43.0 Å². The van der Waals surface area contributed by atoms with Crippen molar-refractivity contribution < 1.29 is 52.1 Å². The van der Waals surface area contributed by atoms with Crippen LogP contribution in [0, 0.1) is 5.41 Å². The molecule has 220 valence electrons. The standard InChI is InChI=1S/C28H26N2O12/c1-28(16-40-26(36)13-29-21(31)5-6-22(29)32,17-41-27(37)14-30-23(33)7-8-24(30)34)15-38-10-11-39-19-4-2-18-3-9-25(35)42-20(18)12-19/h2-9,12H,10-11,13-17H2,1H3. The molecule has 0 fully saturated rings. The molecule has 4 rings (SSSR count). The number of carbonyl (C=O) groups excluding carboxylic acids is 6. The van der Waals surface area contributed by atoms with Crippen molar-refractivity contribution in [3.63, 3.8) is 0 Å². The maximum absolute atomic E-state index is 12.3. The third kappa shape index (κ3) is 7.75. The Hall–Kier alpha value is -5.11. The largest absolute Gasteiger partial charge is 0.491 e. The zero-order chi connectivity index (χ0) is 30.3. The Morgan fingerprint density at radius 3 is 1.81 bits per heavy atom. The minimum absolute atomic E-state index is 0.0686. The van der Waals surface area contributed by atoms with Gasteiger partial charge in [0.05, 0.1) is 18.6 Å². The molecule has 14 heteroatoms. The van der Waals surface area contributed by atoms with Crippen molar-refractivity contribution in [3.8, 4) is 5.75 Å². The Bertz CT molecular complexity index is 1440. The molecule has 0 saturated heterocycles. The van der Waals surface area contributed by atoms with E-state index in [2.05, 4.69) is 0 Å². The van der Waals surface area contributed by atoms with Gasteiger partial charge in [-0.1, -0.05) is 6.92 Å². The molecule has 1 aromatic heterocycles. The van der Waals surface area contributed by atoms with Gasteiger partial charge in [-0.05, 0) is 18.2 Å². The number of hydrogen-bond donors (Lipinski definition) is 0. The van der Waals surface area contributed by atoms with E-state index in [1.165, 1.54) is 6.07 Å². The maximum atomic E-state index is 12.3. The van der Waals surface area contributed by atoms with Crippen molar-refractivity contribution in [2.24, 2.45) is 5.41 Å². The van der Waals surface area contributed by atoms with Crippen LogP contribution in [0.25, 0.3) is 11.0 Å². The van der Waals surface area contributed by atoms with Gasteiger partial charge in [0, 0.05) is 41.8 Å². The first-order valence-electron chi connectivity index (χ1n) is 12.7. The van der Waals surface area contributed by atoms with Gasteiger partial charge in [-0.3, -0.25) is 38.6 Å². The summed E-state index contributed by atoms with van der Waals surface area (Å²) in [5.74, 6) is -3.90. The topological polar surface area (TPSA) is 176 Å². The van der Waals surface area contributed by atoms with E-state index in [4.69, 9.17) is 23.4 Å². The van der Waals surface area contributed by atoms with E-state index in [9.17, 15) is 33.6 Å². The van der Waals surface area contributed by atoms with Crippen LogP contribution in [0.2, 0.25) is 0 Å². The van der Waals surface area contributed by atoms with Gasteiger partial charge in [-0.15, -0.1) is 0 Å². The Kier molecular flexibility index (Phi) is 9.27. The van der Waals surface area contributed by atoms with Gasteiger partial charge in [0.1, 0.15) is 44.2 Å². The SMILES string of the molecule is CC(COCCOc1ccc2ccc(=O)oc2c1)(COC(=O)CN1C(=O)C=CC1=O)COC(=O)CN1C(=O)C=CC1=O. The van der Waals surface area contributed by atoms with Crippen LogP contribution in [0.3, 0.4) is 0 Å². The minimum atomic E-state index is -1.10. The zero-order valence-electron chi connectivity index (χ0n) is 22.4. The molecule has 0 spiro atoms. The molecule has 2 aliphatic rings. The fourth-order valence-corrected chi connectivity index (χ4v) is 3.83. The van der Waals surface area contributed by atoms with E-state index in [0.717, 1.165) is 29.7 Å². The van der Waals surface area contributed by atoms with Crippen molar-refractivity contribution in [1.82, 2.24) is 9.80 Å². The highest BCUT2D eigenvalue weighted by atomic mass is 16.6. The Morgan fingerprint density at radius 2 is 1.26 bits per heavy atom. The average Bonchev–Trinajstić information content (AvgIpc) is 3.45. The second-order valence-electron chi connectivity index (χ2n) is 9.68. The van der Waals surface area contributed by atoms with Crippen LogP contribution in [0.5, 0.6) is 5.75 Å². The molecule has 2 aromatic rings. The van der Waals surface area contributed by atoms with Gasteiger partial charge in [0.25, 0.3) is 23.6 Å². The number of nitrogens with zero attached hydrogens (tertiary/aromatic N) is 2. The normalized spacial score (nSPS) is 14.8. The summed E-state index contributed by atoms with van der Waals surface area (Å²) < 4.78 is 27.0. The highest BCUT2D eigenvalue weighted by molar-refractivity contribution is 6.14. The Balaban J connectivity index is 1.30. The number of fused-ring (bicyclic) bond motifs is 1. The number of esters is 2. The molecule has 0 aliphatic carbocycles. The van der Waals surface area contributed by atoms with Crippen LogP contribution < -0.4 is 10.4 Å². The van der Waals surface area contributed by atoms with Crippen molar-refractivity contribution in [2.75, 3.05) is 46.1 Å². The van der Waals surface area contributed by atoms with E-state index in [1.54, 1.807) is 31.2 Å². The molecule has 0 atom stereocenters. The molecule has 4 amide bonds. The predicted octanol–water partition coefficient (Wildman–Crippen LogP) is 0.131. The monoisotopic (exact) mass is 582 g/mol. The van der Waals surface area contributed by atoms with Crippen LogP contribution in [0.4, 0.5) is 0 Å². The lowest BCUT2D eigenvalue weighted by atomic mass is 9.94. The number of carbonyl (C=O) groups is 6. The number of ether oxygens (including phenoxy) is 4. The molecule has 3 heterocycles. The fraction of sp³-hybridized carbons (Fsp3) is 0.321. The molecule has 0 unspecified atom stereocenters. The summed E-state index contributed by atoms with van der Waals surface area (Å²) >= 11 is 0. The van der Waals surface area contributed by atoms with Crippen LogP contribution in [-0.4, -0.2) is 91.5 Å². The third-order valence-electron chi connectivity index (χ3n) is 6.08. The highest BCUT2D eigenvalue weighted by Gasteiger charge is 2.33. The van der Waals surface area contributed by atoms with E-state index in [1.807, 2.05) is 0 Å². The summed E-state index contributed by atoms with van der Waals surface area (Å²) in [5, 5.41) is 0.725. The minimum Gasteiger partial charge on any atom is -0.491 e. The second kappa shape index (κ2) is 13.0. The van der Waals surface area contributed by atoms with E-state index in [-0.39, 0.29) is 33.0 Å². The molecule has 2 aliphatic heterocycles. The molecule has 0 bridgehead atoms. The average molecular weight is 583 g/mol. The van der Waals surface area contributed by atoms with Crippen LogP contribution >= 0.6 is 0 Å². The molecule has 1 aromatic carbocycles. The summed E-state index contributed by atoms with van der Waals surface area (Å²) in [6.45, 7) is -0.180. The van der Waals surface area contributed by atoms with Gasteiger partial charge in [-0.25, -0.2) is 4.79 Å². The van der Waals surface area contributed by atoms with Gasteiger partial charge in [-0.2, -0.15) is 0 Å². The lowest BCUT2D eigenvalue weighted by Gasteiger charge is -2.29. The summed E-state index contributed by atoms with van der Waals surface area (Å²) in [4.78, 5) is 84.4. The predicted molar refractivity (Wildman–Crippen MR) is 141 cm³/mol. The van der Waals surface area contributed by atoms with Gasteiger partial charge in [0.2, 0.25) is 0 Å². The number of hydrogen-bond acceptors (Lipinski definition) is 12. The summed E-state index contributed by atoms with van der Waals surface area (Å²) in [6.07, 6.45) is 4.14. The highest BCUT2D eigenvalue weighted by Crippen LogP contribution is 2.21. The fourth-order valence-electron chi connectivity index (χ4n) is 3.83. The lowest BCUT2D eigenvalue weighted by Crippen LogP contribution is -2.41. The van der Waals surface area contributed by atoms with Gasteiger partial charge >= 0.3 is 17.6 Å². The quantitative estimate of drug-likeness (QED) is 0.128. The molecule has 14 nitrogen and oxygen atoms in total. The molecule has 42 heavy (non-hydrogen) atoms. The Labute approximate surface area is 238 Å². The number of rotatable bonds is 14. The van der Waals surface area contributed by atoms with Crippen LogP contribution in [0.15, 0.2) is 63.8 Å². The van der Waals surface area contributed by atoms with Crippen molar-refractivity contribution in [1.29, 1.82) is 0 Å². The second-order valence-corrected chi connectivity index (χ2v) is 9.68. The molecular weight excluding hydrogens is 556 g/mol. The lowest BCUT2D eigenvalue weighted by molar-refractivity contribution is -0.162. The molecule has 0 N–H and O–H groups in total. The van der Waals surface area contributed by atoms with E-state index < -0.39 is 59.7 Å². The summed E-state index contributed by atoms with van der Waals surface area (Å²) in [7, 11) is 0. The van der Waals surface area contributed by atoms with Crippen molar-refractivity contribution >= 4 is 46.5 Å². The maximum Gasteiger partial charge on any atom is 0.336 e. The third-order valence-corrected chi connectivity index (χ3v) is 6.08. The smallest absolute Gasteiger partial charge is 0.336 e. The first-order chi connectivity index (χ1) is 20.0. The van der Waals surface area contributed by atoms with Crippen molar-refractivity contribution in [2.45, 2.75) is 6.92 Å². The Morgan fingerprint density at radius 1 is 0.738 bits per heavy atom. The zero-order valence-corrected chi connectivity index (χ0v) is 22.4. The number of amides is 4. The van der Waals surface area contributed by atoms with Gasteiger partial charge < -0.3 is 23.4 Å². The molecular formula is C28H26N2O12. The first kappa shape index (κ1) is 29.9. The van der Waals surface area contributed by atoms with E-state index in [0.29, 0.717) is 21.1 Å². The summed E-state index contributed by atoms with van der Waals surface area (Å²) in [6, 6.07) is 7.93. The number of imide groups is 2. The van der Waals surface area contributed by atoms with E-state index >= 15 is 0 Å². The summed E-state index contributed by atoms with van der Waals surface area (Å²) in [5.41, 5.74) is -1.24. The molecule has 0 saturated carbocycles. The molecule has 0 radical (unpaired) electrons. The van der Waals surface area contributed by atoms with Crippen LogP contribution in [0.1, 0.15) is 6.92 Å². The number of benzene rings is 1. The van der Waals surface area contributed by atoms with Gasteiger partial charge in [0.15, 0.2) is 0 Å².